The van der Waals surface area contributed by atoms with Gasteiger partial charge < -0.3 is 10.6 Å². The Bertz CT molecular complexity index is 597. The minimum absolute atomic E-state index is 0.00612. The summed E-state index contributed by atoms with van der Waals surface area (Å²) in [6.07, 6.45) is 1.20. The SMILES string of the molecule is O=C(CCNc1c(Cl)cccc1Cl)NCCc1ccccc1. The van der Waals surface area contributed by atoms with Crippen LogP contribution in [0.25, 0.3) is 0 Å². The maximum Gasteiger partial charge on any atom is 0.221 e. The number of anilines is 1. The van der Waals surface area contributed by atoms with Crippen LogP contribution < -0.4 is 10.6 Å². The van der Waals surface area contributed by atoms with Crippen molar-refractivity contribution in [2.24, 2.45) is 0 Å². The van der Waals surface area contributed by atoms with Crippen molar-refractivity contribution in [2.75, 3.05) is 18.4 Å². The van der Waals surface area contributed by atoms with Gasteiger partial charge in [0.25, 0.3) is 0 Å². The van der Waals surface area contributed by atoms with Crippen LogP contribution in [0.1, 0.15) is 12.0 Å². The molecule has 2 aromatic rings. The molecule has 0 aliphatic carbocycles. The van der Waals surface area contributed by atoms with Crippen LogP contribution in [0.3, 0.4) is 0 Å². The first-order chi connectivity index (χ1) is 10.7. The fourth-order valence-corrected chi connectivity index (χ4v) is 2.58. The molecule has 1 amide bonds. The zero-order valence-corrected chi connectivity index (χ0v) is 13.6. The molecule has 0 atom stereocenters. The Balaban J connectivity index is 1.68. The van der Waals surface area contributed by atoms with Gasteiger partial charge in [-0.1, -0.05) is 59.6 Å². The van der Waals surface area contributed by atoms with Crippen molar-refractivity contribution < 1.29 is 4.79 Å². The van der Waals surface area contributed by atoms with Crippen LogP contribution in [0.5, 0.6) is 0 Å². The topological polar surface area (TPSA) is 41.1 Å². The van der Waals surface area contributed by atoms with Gasteiger partial charge in [-0.3, -0.25) is 4.79 Å². The summed E-state index contributed by atoms with van der Waals surface area (Å²) in [5, 5.41) is 7.10. The Morgan fingerprint density at radius 2 is 1.59 bits per heavy atom. The molecule has 0 heterocycles. The van der Waals surface area contributed by atoms with Crippen molar-refractivity contribution in [2.45, 2.75) is 12.8 Å². The zero-order valence-electron chi connectivity index (χ0n) is 12.1. The molecule has 5 heteroatoms. The molecule has 22 heavy (non-hydrogen) atoms. The third-order valence-corrected chi connectivity index (χ3v) is 3.83. The molecule has 0 aliphatic rings. The predicted octanol–water partition coefficient (Wildman–Crippen LogP) is 4.15. The molecule has 0 unspecified atom stereocenters. The van der Waals surface area contributed by atoms with Gasteiger partial charge in [0.1, 0.15) is 0 Å². The molecule has 0 radical (unpaired) electrons. The van der Waals surface area contributed by atoms with Gasteiger partial charge in [0.2, 0.25) is 5.91 Å². The van der Waals surface area contributed by atoms with Crippen LogP contribution in [0.4, 0.5) is 5.69 Å². The van der Waals surface area contributed by atoms with E-state index in [4.69, 9.17) is 23.2 Å². The van der Waals surface area contributed by atoms with Crippen molar-refractivity contribution in [3.05, 3.63) is 64.1 Å². The molecule has 0 saturated heterocycles. The quantitative estimate of drug-likeness (QED) is 0.797. The van der Waals surface area contributed by atoms with E-state index in [1.54, 1.807) is 18.2 Å². The van der Waals surface area contributed by atoms with Crippen molar-refractivity contribution in [1.82, 2.24) is 5.32 Å². The highest BCUT2D eigenvalue weighted by atomic mass is 35.5. The summed E-state index contributed by atoms with van der Waals surface area (Å²) in [5.74, 6) is 0.00612. The monoisotopic (exact) mass is 336 g/mol. The number of nitrogens with one attached hydrogen (secondary N) is 2. The maximum absolute atomic E-state index is 11.8. The summed E-state index contributed by atoms with van der Waals surface area (Å²) in [4.78, 5) is 11.8. The second kappa shape index (κ2) is 8.66. The number of para-hydroxylation sites is 1. The molecular formula is C17H18Cl2N2O. The molecule has 0 bridgehead atoms. The van der Waals surface area contributed by atoms with E-state index in [1.165, 1.54) is 5.56 Å². The highest BCUT2D eigenvalue weighted by molar-refractivity contribution is 6.39. The smallest absolute Gasteiger partial charge is 0.221 e. The average molecular weight is 337 g/mol. The highest BCUT2D eigenvalue weighted by Gasteiger charge is 2.06. The van der Waals surface area contributed by atoms with Gasteiger partial charge in [-0.05, 0) is 24.1 Å². The Morgan fingerprint density at radius 3 is 2.27 bits per heavy atom. The fraction of sp³-hybridized carbons (Fsp3) is 0.235. The number of hydrogen-bond acceptors (Lipinski definition) is 2. The van der Waals surface area contributed by atoms with Crippen LogP contribution in [0.2, 0.25) is 10.0 Å². The normalized spacial score (nSPS) is 10.3. The number of carbonyl (C=O) groups is 1. The lowest BCUT2D eigenvalue weighted by molar-refractivity contribution is -0.120. The lowest BCUT2D eigenvalue weighted by Gasteiger charge is -2.10. The average Bonchev–Trinajstić information content (AvgIpc) is 2.51. The summed E-state index contributed by atoms with van der Waals surface area (Å²) in [5.41, 5.74) is 1.88. The number of amides is 1. The third-order valence-electron chi connectivity index (χ3n) is 3.20. The van der Waals surface area contributed by atoms with Gasteiger partial charge in [-0.25, -0.2) is 0 Å². The van der Waals surface area contributed by atoms with Crippen molar-refractivity contribution >= 4 is 34.8 Å². The highest BCUT2D eigenvalue weighted by Crippen LogP contribution is 2.29. The number of halogens is 2. The van der Waals surface area contributed by atoms with Crippen LogP contribution in [0, 0.1) is 0 Å². The lowest BCUT2D eigenvalue weighted by atomic mass is 10.1. The Hall–Kier alpha value is -1.71. The number of carbonyl (C=O) groups excluding carboxylic acids is 1. The van der Waals surface area contributed by atoms with Crippen molar-refractivity contribution in [3.8, 4) is 0 Å². The number of hydrogen-bond donors (Lipinski definition) is 2. The summed E-state index contributed by atoms with van der Waals surface area (Å²) >= 11 is 12.1. The van der Waals surface area contributed by atoms with E-state index in [2.05, 4.69) is 10.6 Å². The van der Waals surface area contributed by atoms with Crippen LogP contribution in [0.15, 0.2) is 48.5 Å². The van der Waals surface area contributed by atoms with E-state index in [0.29, 0.717) is 35.2 Å². The molecule has 3 nitrogen and oxygen atoms in total. The lowest BCUT2D eigenvalue weighted by Crippen LogP contribution is -2.27. The van der Waals surface area contributed by atoms with Gasteiger partial charge in [0.05, 0.1) is 15.7 Å². The van der Waals surface area contributed by atoms with E-state index in [1.807, 2.05) is 30.3 Å². The molecule has 0 saturated carbocycles. The number of rotatable bonds is 7. The summed E-state index contributed by atoms with van der Waals surface area (Å²) in [6, 6.07) is 15.4. The van der Waals surface area contributed by atoms with E-state index < -0.39 is 0 Å². The van der Waals surface area contributed by atoms with Gasteiger partial charge in [0.15, 0.2) is 0 Å². The zero-order chi connectivity index (χ0) is 15.8. The maximum atomic E-state index is 11.8. The second-order valence-electron chi connectivity index (χ2n) is 4.86. The van der Waals surface area contributed by atoms with Crippen molar-refractivity contribution in [1.29, 1.82) is 0 Å². The van der Waals surface area contributed by atoms with E-state index in [0.717, 1.165) is 6.42 Å². The van der Waals surface area contributed by atoms with E-state index >= 15 is 0 Å². The molecule has 2 aromatic carbocycles. The van der Waals surface area contributed by atoms with Gasteiger partial charge in [-0.15, -0.1) is 0 Å². The molecule has 0 aliphatic heterocycles. The Labute approximate surface area is 140 Å². The van der Waals surface area contributed by atoms with Gasteiger partial charge in [-0.2, -0.15) is 0 Å². The largest absolute Gasteiger partial charge is 0.382 e. The summed E-state index contributed by atoms with van der Waals surface area (Å²) < 4.78 is 0. The Kier molecular flexibility index (Phi) is 6.56. The van der Waals surface area contributed by atoms with Gasteiger partial charge >= 0.3 is 0 Å². The molecule has 2 rings (SSSR count). The molecule has 0 aromatic heterocycles. The van der Waals surface area contributed by atoms with E-state index in [-0.39, 0.29) is 5.91 Å². The number of benzene rings is 2. The minimum atomic E-state index is 0.00612. The standard InChI is InChI=1S/C17H18Cl2N2O/c18-14-7-4-8-15(19)17(14)21-12-10-16(22)20-11-9-13-5-2-1-3-6-13/h1-8,21H,9-12H2,(H,20,22). The first-order valence-corrected chi connectivity index (χ1v) is 7.91. The molecular weight excluding hydrogens is 319 g/mol. The minimum Gasteiger partial charge on any atom is -0.382 e. The Morgan fingerprint density at radius 1 is 0.909 bits per heavy atom. The second-order valence-corrected chi connectivity index (χ2v) is 5.67. The van der Waals surface area contributed by atoms with E-state index in [9.17, 15) is 4.79 Å². The summed E-state index contributed by atoms with van der Waals surface area (Å²) in [6.45, 7) is 1.12. The molecule has 2 N–H and O–H groups in total. The van der Waals surface area contributed by atoms with Crippen LogP contribution in [-0.4, -0.2) is 19.0 Å². The first kappa shape index (κ1) is 16.7. The fourth-order valence-electron chi connectivity index (χ4n) is 2.05. The van der Waals surface area contributed by atoms with Crippen LogP contribution in [-0.2, 0) is 11.2 Å². The molecule has 116 valence electrons. The van der Waals surface area contributed by atoms with Crippen molar-refractivity contribution in [3.63, 3.8) is 0 Å². The third kappa shape index (κ3) is 5.24. The summed E-state index contributed by atoms with van der Waals surface area (Å²) in [7, 11) is 0. The first-order valence-electron chi connectivity index (χ1n) is 7.15. The predicted molar refractivity (Wildman–Crippen MR) is 92.7 cm³/mol. The molecule has 0 spiro atoms. The van der Waals surface area contributed by atoms with Crippen LogP contribution >= 0.6 is 23.2 Å². The van der Waals surface area contributed by atoms with Gasteiger partial charge in [0, 0.05) is 19.5 Å². The molecule has 0 fully saturated rings.